The van der Waals surface area contributed by atoms with E-state index in [1.54, 1.807) is 19.1 Å². The number of carbonyl (C=O) groups excluding carboxylic acids is 2. The summed E-state index contributed by atoms with van der Waals surface area (Å²) < 4.78 is 4.47. The SMILES string of the molecule is CC1=C(/C=C/c2ccccc2)C(=O)OC1=O. The minimum atomic E-state index is -0.574. The zero-order valence-corrected chi connectivity index (χ0v) is 8.77. The van der Waals surface area contributed by atoms with Gasteiger partial charge in [0.15, 0.2) is 0 Å². The molecule has 3 heteroatoms. The van der Waals surface area contributed by atoms with E-state index in [0.29, 0.717) is 11.1 Å². The average Bonchev–Trinajstić information content (AvgIpc) is 2.53. The van der Waals surface area contributed by atoms with Gasteiger partial charge >= 0.3 is 11.9 Å². The summed E-state index contributed by atoms with van der Waals surface area (Å²) in [6, 6.07) is 9.54. The van der Waals surface area contributed by atoms with E-state index in [2.05, 4.69) is 4.74 Å². The van der Waals surface area contributed by atoms with Crippen molar-refractivity contribution in [2.24, 2.45) is 0 Å². The fourth-order valence-electron chi connectivity index (χ4n) is 1.42. The number of ether oxygens (including phenoxy) is 1. The summed E-state index contributed by atoms with van der Waals surface area (Å²) in [5.74, 6) is -1.13. The third-order valence-corrected chi connectivity index (χ3v) is 2.36. The largest absolute Gasteiger partial charge is 0.386 e. The molecule has 0 fully saturated rings. The van der Waals surface area contributed by atoms with Gasteiger partial charge in [0.25, 0.3) is 0 Å². The van der Waals surface area contributed by atoms with E-state index < -0.39 is 11.9 Å². The van der Waals surface area contributed by atoms with Crippen LogP contribution in [0.25, 0.3) is 6.08 Å². The zero-order chi connectivity index (χ0) is 11.5. The van der Waals surface area contributed by atoms with Crippen LogP contribution in [0, 0.1) is 0 Å². The number of hydrogen-bond acceptors (Lipinski definition) is 3. The first kappa shape index (κ1) is 10.4. The molecule has 80 valence electrons. The quantitative estimate of drug-likeness (QED) is 0.559. The third-order valence-electron chi connectivity index (χ3n) is 2.36. The van der Waals surface area contributed by atoms with Crippen molar-refractivity contribution in [2.75, 3.05) is 0 Å². The predicted octanol–water partition coefficient (Wildman–Crippen LogP) is 2.10. The highest BCUT2D eigenvalue weighted by Crippen LogP contribution is 2.18. The minimum Gasteiger partial charge on any atom is -0.386 e. The fraction of sp³-hybridized carbons (Fsp3) is 0.0769. The van der Waals surface area contributed by atoms with Gasteiger partial charge in [-0.15, -0.1) is 0 Å². The van der Waals surface area contributed by atoms with Gasteiger partial charge in [-0.25, -0.2) is 9.59 Å². The highest BCUT2D eigenvalue weighted by atomic mass is 16.6. The molecular formula is C13H10O3. The van der Waals surface area contributed by atoms with Gasteiger partial charge < -0.3 is 4.74 Å². The van der Waals surface area contributed by atoms with Crippen molar-refractivity contribution in [2.45, 2.75) is 6.92 Å². The van der Waals surface area contributed by atoms with Crippen LogP contribution < -0.4 is 0 Å². The predicted molar refractivity (Wildman–Crippen MR) is 59.3 cm³/mol. The lowest BCUT2D eigenvalue weighted by Crippen LogP contribution is -2.00. The zero-order valence-electron chi connectivity index (χ0n) is 8.77. The Hall–Kier alpha value is -2.16. The molecule has 1 heterocycles. The molecule has 0 bridgehead atoms. The maximum absolute atomic E-state index is 11.3. The van der Waals surface area contributed by atoms with Crippen molar-refractivity contribution in [1.29, 1.82) is 0 Å². The van der Waals surface area contributed by atoms with Gasteiger partial charge in [0.1, 0.15) is 0 Å². The second-order valence-electron chi connectivity index (χ2n) is 3.46. The number of benzene rings is 1. The van der Waals surface area contributed by atoms with Crippen LogP contribution in [0.3, 0.4) is 0 Å². The average molecular weight is 214 g/mol. The van der Waals surface area contributed by atoms with Gasteiger partial charge in [-0.1, -0.05) is 36.4 Å². The molecule has 0 aliphatic carbocycles. The second kappa shape index (κ2) is 4.14. The summed E-state index contributed by atoms with van der Waals surface area (Å²) in [5, 5.41) is 0. The van der Waals surface area contributed by atoms with Crippen LogP contribution in [0.5, 0.6) is 0 Å². The first-order valence-electron chi connectivity index (χ1n) is 4.89. The van der Waals surface area contributed by atoms with Crippen LogP contribution in [-0.2, 0) is 14.3 Å². The summed E-state index contributed by atoms with van der Waals surface area (Å²) >= 11 is 0. The van der Waals surface area contributed by atoms with Gasteiger partial charge in [-0.05, 0) is 18.6 Å². The first-order valence-corrected chi connectivity index (χ1v) is 4.89. The molecule has 0 saturated carbocycles. The summed E-state index contributed by atoms with van der Waals surface area (Å²) in [6.45, 7) is 1.58. The monoisotopic (exact) mass is 214 g/mol. The standard InChI is InChI=1S/C13H10O3/c1-9-11(13(15)16-12(9)14)8-7-10-5-3-2-4-6-10/h2-8H,1H3/b8-7+. The van der Waals surface area contributed by atoms with Gasteiger partial charge in [-0.2, -0.15) is 0 Å². The molecule has 0 atom stereocenters. The van der Waals surface area contributed by atoms with Crippen molar-refractivity contribution >= 4 is 18.0 Å². The second-order valence-corrected chi connectivity index (χ2v) is 3.46. The summed E-state index contributed by atoms with van der Waals surface area (Å²) in [5.41, 5.74) is 1.65. The van der Waals surface area contributed by atoms with E-state index in [1.165, 1.54) is 0 Å². The molecule has 16 heavy (non-hydrogen) atoms. The maximum atomic E-state index is 11.3. The molecule has 0 amide bonds. The molecule has 1 aromatic rings. The first-order chi connectivity index (χ1) is 7.68. The van der Waals surface area contributed by atoms with Crippen LogP contribution in [0.15, 0.2) is 47.6 Å². The van der Waals surface area contributed by atoms with Crippen LogP contribution in [0.4, 0.5) is 0 Å². The molecule has 2 rings (SSSR count). The number of rotatable bonds is 2. The lowest BCUT2D eigenvalue weighted by molar-refractivity contribution is -0.150. The third kappa shape index (κ3) is 1.93. The number of hydrogen-bond donors (Lipinski definition) is 0. The van der Waals surface area contributed by atoms with E-state index in [-0.39, 0.29) is 0 Å². The van der Waals surface area contributed by atoms with Gasteiger partial charge in [0.2, 0.25) is 0 Å². The lowest BCUT2D eigenvalue weighted by Gasteiger charge is -1.92. The topological polar surface area (TPSA) is 43.4 Å². The molecular weight excluding hydrogens is 204 g/mol. The van der Waals surface area contributed by atoms with Gasteiger partial charge in [-0.3, -0.25) is 0 Å². The van der Waals surface area contributed by atoms with E-state index in [4.69, 9.17) is 0 Å². The number of carbonyl (C=O) groups is 2. The van der Waals surface area contributed by atoms with Crippen molar-refractivity contribution in [3.63, 3.8) is 0 Å². The van der Waals surface area contributed by atoms with Crippen LogP contribution in [0.2, 0.25) is 0 Å². The van der Waals surface area contributed by atoms with Gasteiger partial charge in [0.05, 0.1) is 5.57 Å². The summed E-state index contributed by atoms with van der Waals surface area (Å²) in [4.78, 5) is 22.3. The highest BCUT2D eigenvalue weighted by Gasteiger charge is 2.27. The lowest BCUT2D eigenvalue weighted by atomic mass is 10.1. The molecule has 0 spiro atoms. The van der Waals surface area contributed by atoms with E-state index in [0.717, 1.165) is 5.56 Å². The van der Waals surface area contributed by atoms with Crippen molar-refractivity contribution in [3.05, 3.63) is 53.1 Å². The Morgan fingerprint density at radius 2 is 1.69 bits per heavy atom. The van der Waals surface area contributed by atoms with Crippen LogP contribution in [-0.4, -0.2) is 11.9 Å². The molecule has 0 unspecified atom stereocenters. The molecule has 1 aliphatic rings. The van der Waals surface area contributed by atoms with E-state index >= 15 is 0 Å². The van der Waals surface area contributed by atoms with E-state index in [9.17, 15) is 9.59 Å². The molecule has 3 nitrogen and oxygen atoms in total. The molecule has 1 aromatic carbocycles. The molecule has 1 aliphatic heterocycles. The van der Waals surface area contributed by atoms with Crippen molar-refractivity contribution in [3.8, 4) is 0 Å². The fourth-order valence-corrected chi connectivity index (χ4v) is 1.42. The van der Waals surface area contributed by atoms with Gasteiger partial charge in [0, 0.05) is 5.57 Å². The maximum Gasteiger partial charge on any atom is 0.346 e. The highest BCUT2D eigenvalue weighted by molar-refractivity contribution is 6.14. The molecule has 0 radical (unpaired) electrons. The molecule has 0 N–H and O–H groups in total. The Balaban J connectivity index is 2.26. The Morgan fingerprint density at radius 1 is 1.00 bits per heavy atom. The number of esters is 2. The Labute approximate surface area is 93.0 Å². The van der Waals surface area contributed by atoms with Crippen LogP contribution in [0.1, 0.15) is 12.5 Å². The summed E-state index contributed by atoms with van der Waals surface area (Å²) in [7, 11) is 0. The smallest absolute Gasteiger partial charge is 0.346 e. The Bertz CT molecular complexity index is 495. The molecule has 0 saturated heterocycles. The Kier molecular flexibility index (Phi) is 2.68. The van der Waals surface area contributed by atoms with E-state index in [1.807, 2.05) is 30.3 Å². The molecule has 0 aromatic heterocycles. The Morgan fingerprint density at radius 3 is 2.25 bits per heavy atom. The normalized spacial score (nSPS) is 16.1. The van der Waals surface area contributed by atoms with Crippen molar-refractivity contribution < 1.29 is 14.3 Å². The van der Waals surface area contributed by atoms with Crippen LogP contribution >= 0.6 is 0 Å². The minimum absolute atomic E-state index is 0.328. The van der Waals surface area contributed by atoms with Crippen molar-refractivity contribution in [1.82, 2.24) is 0 Å². The number of cyclic esters (lactones) is 2. The summed E-state index contributed by atoms with van der Waals surface area (Å²) in [6.07, 6.45) is 3.39.